The average Bonchev–Trinajstić information content (AvgIpc) is 3.69. The number of amides is 2. The Bertz CT molecular complexity index is 1850. The lowest BCUT2D eigenvalue weighted by Crippen LogP contribution is -2.99. The molecule has 1 aliphatic heterocycles. The van der Waals surface area contributed by atoms with E-state index in [-0.39, 0.29) is 71.6 Å². The standard InChI is InChI=1S/C33H36ClN5O10S/c1-17-11-22(40)27(31(43)33(17)32(44)28-23(47-2)13-24(48-3)29(34)30(28)49-33)21(18-5-7-20(50-4)8-6-18)12-25(41)35-9-10-36-26(42)16-38-15-19(14-37-38)39(45)46/h5-8,13-15,17,21,39,43,45H,9-12,16H2,1-4H3,(H,35,41)(H,36,42). The number of nitrogens with one attached hydrogen (secondary N) is 3. The fourth-order valence-electron chi connectivity index (χ4n) is 6.19. The van der Waals surface area contributed by atoms with Gasteiger partial charge in [-0.2, -0.15) is 10.3 Å². The quantitative estimate of drug-likeness (QED) is 0.0978. The van der Waals surface area contributed by atoms with Crippen molar-refractivity contribution in [3.63, 3.8) is 0 Å². The van der Waals surface area contributed by atoms with Crippen LogP contribution in [0.5, 0.6) is 17.2 Å². The summed E-state index contributed by atoms with van der Waals surface area (Å²) >= 11 is 8.07. The van der Waals surface area contributed by atoms with E-state index in [1.807, 2.05) is 18.4 Å². The maximum Gasteiger partial charge on any atom is 0.241 e. The third-order valence-electron chi connectivity index (χ3n) is 8.72. The minimum absolute atomic E-state index is 0.000875. The van der Waals surface area contributed by atoms with Crippen molar-refractivity contribution in [1.82, 2.24) is 20.4 Å². The number of nitrogens with zero attached hydrogens (tertiary/aromatic N) is 2. The number of ketones is 2. The minimum atomic E-state index is -2.02. The van der Waals surface area contributed by atoms with Crippen LogP contribution in [0.25, 0.3) is 0 Å². The highest BCUT2D eigenvalue weighted by Gasteiger charge is 2.61. The van der Waals surface area contributed by atoms with Gasteiger partial charge in [-0.1, -0.05) is 30.7 Å². The van der Waals surface area contributed by atoms with Crippen molar-refractivity contribution in [2.45, 2.75) is 42.7 Å². The Kier molecular flexibility index (Phi) is 11.1. The lowest BCUT2D eigenvalue weighted by atomic mass is 9.69. The summed E-state index contributed by atoms with van der Waals surface area (Å²) in [6, 6.07) is 8.60. The van der Waals surface area contributed by atoms with Crippen LogP contribution in [-0.2, 0) is 20.9 Å². The fourth-order valence-corrected chi connectivity index (χ4v) is 6.86. The van der Waals surface area contributed by atoms with Crippen molar-refractivity contribution in [2.24, 2.45) is 5.92 Å². The molecule has 1 aromatic heterocycles. The van der Waals surface area contributed by atoms with Gasteiger partial charge in [-0.3, -0.25) is 23.9 Å². The number of allylic oxidation sites excluding steroid dienone is 1. The highest BCUT2D eigenvalue weighted by atomic mass is 35.5. The number of halogens is 1. The number of rotatable bonds is 13. The molecular formula is C33H36ClN5O10S. The summed E-state index contributed by atoms with van der Waals surface area (Å²) in [5.41, 5.74) is -1.66. The second-order valence-electron chi connectivity index (χ2n) is 11.7. The largest absolute Gasteiger partial charge is 0.595 e. The molecule has 15 nitrogen and oxygen atoms in total. The van der Waals surface area contributed by atoms with Gasteiger partial charge in [0.2, 0.25) is 28.9 Å². The predicted octanol–water partition coefficient (Wildman–Crippen LogP) is 2.52. The minimum Gasteiger partial charge on any atom is -0.595 e. The van der Waals surface area contributed by atoms with Crippen molar-refractivity contribution in [2.75, 3.05) is 33.6 Å². The molecule has 266 valence electrons. The molecule has 0 fully saturated rings. The Labute approximate surface area is 296 Å². The summed E-state index contributed by atoms with van der Waals surface area (Å²) in [6.45, 7) is 1.47. The summed E-state index contributed by atoms with van der Waals surface area (Å²) in [7, 11) is 2.76. The molecule has 2 aliphatic rings. The number of thioether (sulfide) groups is 1. The summed E-state index contributed by atoms with van der Waals surface area (Å²) in [4.78, 5) is 54.7. The van der Waals surface area contributed by atoms with Gasteiger partial charge in [0, 0.05) is 54.3 Å². The first-order valence-electron chi connectivity index (χ1n) is 15.4. The van der Waals surface area contributed by atoms with E-state index in [4.69, 9.17) is 31.0 Å². The second kappa shape index (κ2) is 15.1. The summed E-state index contributed by atoms with van der Waals surface area (Å²) < 4.78 is 18.2. The molecular weight excluding hydrogens is 694 g/mol. The SMILES string of the molecule is COc1cc(OC)c2c(c1Cl)OC1(C2=O)C(O)=C(C(CC(=O)NCCNC(=O)Cn2cc([NH+]([O-])O)cn2)c2ccc(SC)cc2)C(=O)CC1C. The van der Waals surface area contributed by atoms with Crippen LogP contribution in [0.1, 0.15) is 41.6 Å². The number of aliphatic hydroxyl groups excluding tert-OH is 1. The van der Waals surface area contributed by atoms with Crippen molar-refractivity contribution in [3.8, 4) is 17.2 Å². The van der Waals surface area contributed by atoms with Gasteiger partial charge in [0.1, 0.15) is 34.8 Å². The van der Waals surface area contributed by atoms with Gasteiger partial charge >= 0.3 is 0 Å². The van der Waals surface area contributed by atoms with E-state index in [2.05, 4.69) is 15.7 Å². The highest BCUT2D eigenvalue weighted by Crippen LogP contribution is 2.55. The number of fused-ring (bicyclic) bond motifs is 1. The summed E-state index contributed by atoms with van der Waals surface area (Å²) in [5, 5.41) is 40.1. The Morgan fingerprint density at radius 3 is 2.44 bits per heavy atom. The van der Waals surface area contributed by atoms with Crippen LogP contribution in [0.2, 0.25) is 5.02 Å². The van der Waals surface area contributed by atoms with Gasteiger partial charge in [0.25, 0.3) is 0 Å². The number of benzene rings is 2. The molecule has 1 spiro atoms. The molecule has 1 aliphatic carbocycles. The van der Waals surface area contributed by atoms with E-state index in [0.29, 0.717) is 5.56 Å². The van der Waals surface area contributed by atoms with Gasteiger partial charge in [-0.25, -0.2) is 5.21 Å². The molecule has 50 heavy (non-hydrogen) atoms. The first-order valence-corrected chi connectivity index (χ1v) is 17.0. The topological polar surface area (TPSA) is 206 Å². The Morgan fingerprint density at radius 2 is 1.84 bits per heavy atom. The van der Waals surface area contributed by atoms with Gasteiger partial charge in [-0.15, -0.1) is 11.8 Å². The van der Waals surface area contributed by atoms with Crippen LogP contribution in [0.4, 0.5) is 5.69 Å². The van der Waals surface area contributed by atoms with E-state index >= 15 is 0 Å². The van der Waals surface area contributed by atoms with Crippen LogP contribution in [-0.4, -0.2) is 82.6 Å². The molecule has 0 radical (unpaired) electrons. The first kappa shape index (κ1) is 36.7. The lowest BCUT2D eigenvalue weighted by Gasteiger charge is -2.38. The highest BCUT2D eigenvalue weighted by molar-refractivity contribution is 7.98. The number of hydrogen-bond acceptors (Lipinski definition) is 12. The van der Waals surface area contributed by atoms with E-state index in [0.717, 1.165) is 11.1 Å². The number of aromatic nitrogens is 2. The van der Waals surface area contributed by atoms with Crippen LogP contribution >= 0.6 is 23.4 Å². The van der Waals surface area contributed by atoms with E-state index < -0.39 is 51.8 Å². The fraction of sp³-hybridized carbons (Fsp3) is 0.364. The second-order valence-corrected chi connectivity index (χ2v) is 13.0. The number of hydrogen-bond donors (Lipinski definition) is 5. The number of Topliss-reactive ketones (excluding diaryl/α,β-unsaturated/α-hetero) is 2. The number of ether oxygens (including phenoxy) is 3. The molecule has 0 saturated heterocycles. The molecule has 2 amide bonds. The number of methoxy groups -OCH3 is 2. The smallest absolute Gasteiger partial charge is 0.241 e. The Morgan fingerprint density at radius 1 is 1.18 bits per heavy atom. The average molecular weight is 730 g/mol. The Balaban J connectivity index is 1.40. The maximum absolute atomic E-state index is 14.3. The third kappa shape index (κ3) is 6.89. The van der Waals surface area contributed by atoms with Gasteiger partial charge in [0.05, 0.1) is 20.4 Å². The van der Waals surface area contributed by atoms with Crippen LogP contribution < -0.4 is 30.1 Å². The van der Waals surface area contributed by atoms with Crippen molar-refractivity contribution in [3.05, 3.63) is 75.4 Å². The van der Waals surface area contributed by atoms with Gasteiger partial charge < -0.3 is 35.2 Å². The summed E-state index contributed by atoms with van der Waals surface area (Å²) in [5.74, 6) is -4.19. The van der Waals surface area contributed by atoms with E-state index in [9.17, 15) is 29.5 Å². The van der Waals surface area contributed by atoms with Gasteiger partial charge in [-0.05, 0) is 24.0 Å². The summed E-state index contributed by atoms with van der Waals surface area (Å²) in [6.07, 6.45) is 3.80. The number of quaternary nitrogens is 1. The molecule has 4 unspecified atom stereocenters. The van der Waals surface area contributed by atoms with Crippen LogP contribution in [0.15, 0.2) is 59.0 Å². The van der Waals surface area contributed by atoms with Crippen molar-refractivity contribution < 1.29 is 48.9 Å². The molecule has 5 rings (SSSR count). The van der Waals surface area contributed by atoms with E-state index in [1.54, 1.807) is 19.1 Å². The van der Waals surface area contributed by atoms with Crippen LogP contribution in [0.3, 0.4) is 0 Å². The monoisotopic (exact) mass is 729 g/mol. The number of carbonyl (C=O) groups is 4. The molecule has 0 bridgehead atoms. The number of aliphatic hydroxyl groups is 1. The molecule has 4 atom stereocenters. The lowest BCUT2D eigenvalue weighted by molar-refractivity contribution is -0.991. The molecule has 2 aromatic carbocycles. The zero-order valence-corrected chi connectivity index (χ0v) is 29.1. The van der Waals surface area contributed by atoms with Crippen LogP contribution in [0, 0.1) is 11.1 Å². The molecule has 0 saturated carbocycles. The molecule has 17 heteroatoms. The first-order chi connectivity index (χ1) is 23.9. The Hall–Kier alpha value is -4.61. The zero-order chi connectivity index (χ0) is 36.3. The van der Waals surface area contributed by atoms with Crippen molar-refractivity contribution >= 4 is 52.4 Å². The molecule has 3 aromatic rings. The maximum atomic E-state index is 14.3. The molecule has 5 N–H and O–H groups in total. The van der Waals surface area contributed by atoms with E-state index in [1.165, 1.54) is 42.9 Å². The predicted molar refractivity (Wildman–Crippen MR) is 180 cm³/mol. The van der Waals surface area contributed by atoms with Crippen molar-refractivity contribution in [1.29, 1.82) is 0 Å². The normalized spacial score (nSPS) is 19.5. The number of carbonyl (C=O) groups excluding carboxylic acids is 4. The zero-order valence-electron chi connectivity index (χ0n) is 27.6. The molecule has 2 heterocycles. The third-order valence-corrected chi connectivity index (χ3v) is 9.82. The van der Waals surface area contributed by atoms with Gasteiger partial charge in [0.15, 0.2) is 17.3 Å².